The molecule has 0 saturated carbocycles. The van der Waals surface area contributed by atoms with Gasteiger partial charge in [0.15, 0.2) is 0 Å². The first kappa shape index (κ1) is 19.0. The van der Waals surface area contributed by atoms with Gasteiger partial charge in [-0.2, -0.15) is 0 Å². The number of H-pyrrole nitrogens is 1. The third-order valence-electron chi connectivity index (χ3n) is 4.69. The molecular weight excluding hydrogens is 316 g/mol. The maximum Gasteiger partial charge on any atom is 0.240 e. The van der Waals surface area contributed by atoms with E-state index in [9.17, 15) is 4.79 Å². The minimum Gasteiger partial charge on any atom is -0.496 e. The summed E-state index contributed by atoms with van der Waals surface area (Å²) < 4.78 is 5.34. The molecule has 0 aliphatic heterocycles. The predicted molar refractivity (Wildman–Crippen MR) is 98.4 cm³/mol. The van der Waals surface area contributed by atoms with Gasteiger partial charge in [-0.15, -0.1) is 0 Å². The Hall–Kier alpha value is -2.34. The standard InChI is InChI=1S/C19H28N4O2/c1-14(2)19(20,10-8-16-12-21-13-23-16)18(24)22-11-9-15-6-4-5-7-17(15)25-3/h4-7,12-14H,8-11,20H2,1-3H3,(H,21,23)(H,22,24)/t19-/m0/s1. The summed E-state index contributed by atoms with van der Waals surface area (Å²) in [6.45, 7) is 4.48. The SMILES string of the molecule is COc1ccccc1CCNC(=O)[C@](N)(CCc1cnc[nH]1)C(C)C. The van der Waals surface area contributed by atoms with Gasteiger partial charge in [0.1, 0.15) is 5.75 Å². The van der Waals surface area contributed by atoms with Crippen LogP contribution in [0, 0.1) is 5.92 Å². The van der Waals surface area contributed by atoms with Crippen LogP contribution in [0.4, 0.5) is 0 Å². The molecule has 0 aliphatic rings. The summed E-state index contributed by atoms with van der Waals surface area (Å²) in [6.07, 6.45) is 5.35. The lowest BCUT2D eigenvalue weighted by molar-refractivity contribution is -0.128. The Labute approximate surface area is 149 Å². The number of benzene rings is 1. The van der Waals surface area contributed by atoms with Crippen LogP contribution in [0.5, 0.6) is 5.75 Å². The van der Waals surface area contributed by atoms with Crippen LogP contribution in [0.15, 0.2) is 36.8 Å². The first-order valence-corrected chi connectivity index (χ1v) is 8.63. The number of rotatable bonds is 9. The third-order valence-corrected chi connectivity index (χ3v) is 4.69. The molecule has 2 rings (SSSR count). The summed E-state index contributed by atoms with van der Waals surface area (Å²) in [5.41, 5.74) is 7.60. The van der Waals surface area contributed by atoms with E-state index < -0.39 is 5.54 Å². The van der Waals surface area contributed by atoms with E-state index in [1.165, 1.54) is 0 Å². The second-order valence-corrected chi connectivity index (χ2v) is 6.59. The van der Waals surface area contributed by atoms with Crippen LogP contribution in [0.2, 0.25) is 0 Å². The fourth-order valence-electron chi connectivity index (χ4n) is 2.81. The van der Waals surface area contributed by atoms with Crippen LogP contribution in [-0.4, -0.2) is 35.1 Å². The van der Waals surface area contributed by atoms with E-state index in [1.807, 2.05) is 38.1 Å². The Morgan fingerprint density at radius 1 is 1.36 bits per heavy atom. The molecule has 0 bridgehead atoms. The van der Waals surface area contributed by atoms with E-state index in [4.69, 9.17) is 10.5 Å². The van der Waals surface area contributed by atoms with E-state index in [0.717, 1.165) is 17.0 Å². The van der Waals surface area contributed by atoms with Gasteiger partial charge in [-0.25, -0.2) is 4.98 Å². The zero-order valence-corrected chi connectivity index (χ0v) is 15.2. The average Bonchev–Trinajstić information content (AvgIpc) is 3.13. The van der Waals surface area contributed by atoms with Crippen LogP contribution in [0.25, 0.3) is 0 Å². The van der Waals surface area contributed by atoms with Gasteiger partial charge in [0, 0.05) is 18.4 Å². The summed E-state index contributed by atoms with van der Waals surface area (Å²) in [5.74, 6) is 0.748. The van der Waals surface area contributed by atoms with Crippen molar-refractivity contribution in [3.63, 3.8) is 0 Å². The predicted octanol–water partition coefficient (Wildman–Crippen LogP) is 2.06. The van der Waals surface area contributed by atoms with Crippen LogP contribution in [-0.2, 0) is 17.6 Å². The van der Waals surface area contributed by atoms with Gasteiger partial charge in [-0.1, -0.05) is 32.0 Å². The molecule has 0 unspecified atom stereocenters. The van der Waals surface area contributed by atoms with Crippen molar-refractivity contribution in [3.05, 3.63) is 48.0 Å². The van der Waals surface area contributed by atoms with Gasteiger partial charge in [0.2, 0.25) is 5.91 Å². The van der Waals surface area contributed by atoms with Gasteiger partial charge < -0.3 is 20.8 Å². The van der Waals surface area contributed by atoms with Gasteiger partial charge in [-0.3, -0.25) is 4.79 Å². The topological polar surface area (TPSA) is 93.0 Å². The van der Waals surface area contributed by atoms with Crippen LogP contribution in [0.3, 0.4) is 0 Å². The summed E-state index contributed by atoms with van der Waals surface area (Å²) in [5, 5.41) is 2.99. The Kier molecular flexibility index (Phi) is 6.58. The minimum absolute atomic E-state index is 0.0293. The molecule has 6 nitrogen and oxygen atoms in total. The number of aromatic amines is 1. The highest BCUT2D eigenvalue weighted by Crippen LogP contribution is 2.21. The van der Waals surface area contributed by atoms with E-state index in [-0.39, 0.29) is 11.8 Å². The molecular formula is C19H28N4O2. The number of carbonyl (C=O) groups is 1. The summed E-state index contributed by atoms with van der Waals surface area (Å²) in [6, 6.07) is 7.82. The molecule has 1 amide bonds. The van der Waals surface area contributed by atoms with E-state index in [0.29, 0.717) is 25.8 Å². The fourth-order valence-corrected chi connectivity index (χ4v) is 2.81. The molecule has 0 radical (unpaired) electrons. The number of nitrogens with zero attached hydrogens (tertiary/aromatic N) is 1. The molecule has 1 aromatic carbocycles. The zero-order chi connectivity index (χ0) is 18.3. The lowest BCUT2D eigenvalue weighted by Crippen LogP contribution is -2.58. The molecule has 136 valence electrons. The lowest BCUT2D eigenvalue weighted by Gasteiger charge is -2.32. The van der Waals surface area contributed by atoms with Crippen molar-refractivity contribution in [2.45, 2.75) is 38.6 Å². The highest BCUT2D eigenvalue weighted by molar-refractivity contribution is 5.86. The molecule has 2 aromatic rings. The second-order valence-electron chi connectivity index (χ2n) is 6.59. The number of amides is 1. The average molecular weight is 344 g/mol. The molecule has 0 fully saturated rings. The summed E-state index contributed by atoms with van der Waals surface area (Å²) >= 11 is 0. The van der Waals surface area contributed by atoms with Gasteiger partial charge >= 0.3 is 0 Å². The minimum atomic E-state index is -0.911. The van der Waals surface area contributed by atoms with Gasteiger partial charge in [0.25, 0.3) is 0 Å². The normalized spacial score (nSPS) is 13.5. The second kappa shape index (κ2) is 8.67. The van der Waals surface area contributed by atoms with Crippen molar-refractivity contribution in [1.82, 2.24) is 15.3 Å². The molecule has 1 aromatic heterocycles. The number of hydrogen-bond acceptors (Lipinski definition) is 4. The highest BCUT2D eigenvalue weighted by Gasteiger charge is 2.36. The van der Waals surface area contributed by atoms with Crippen molar-refractivity contribution >= 4 is 5.91 Å². The van der Waals surface area contributed by atoms with E-state index in [2.05, 4.69) is 15.3 Å². The fraction of sp³-hybridized carbons (Fsp3) is 0.474. The number of nitrogens with two attached hydrogens (primary N) is 1. The molecule has 1 atom stereocenters. The number of hydrogen-bond donors (Lipinski definition) is 3. The number of methoxy groups -OCH3 is 1. The lowest BCUT2D eigenvalue weighted by atomic mass is 9.82. The zero-order valence-electron chi connectivity index (χ0n) is 15.2. The van der Waals surface area contributed by atoms with Crippen molar-refractivity contribution in [1.29, 1.82) is 0 Å². The van der Waals surface area contributed by atoms with Crippen LogP contribution in [0.1, 0.15) is 31.5 Å². The van der Waals surface area contributed by atoms with Crippen LogP contribution >= 0.6 is 0 Å². The number of carbonyl (C=O) groups excluding carboxylic acids is 1. The summed E-state index contributed by atoms with van der Waals surface area (Å²) in [7, 11) is 1.65. The summed E-state index contributed by atoms with van der Waals surface area (Å²) in [4.78, 5) is 19.8. The van der Waals surface area contributed by atoms with E-state index >= 15 is 0 Å². The highest BCUT2D eigenvalue weighted by atomic mass is 16.5. The number of nitrogens with one attached hydrogen (secondary N) is 2. The Morgan fingerprint density at radius 2 is 2.12 bits per heavy atom. The molecule has 0 spiro atoms. The third kappa shape index (κ3) is 4.82. The molecule has 0 aliphatic carbocycles. The smallest absolute Gasteiger partial charge is 0.240 e. The molecule has 4 N–H and O–H groups in total. The van der Waals surface area contributed by atoms with Gasteiger partial charge in [-0.05, 0) is 36.8 Å². The monoisotopic (exact) mass is 344 g/mol. The first-order chi connectivity index (χ1) is 12.0. The van der Waals surface area contributed by atoms with Crippen molar-refractivity contribution < 1.29 is 9.53 Å². The van der Waals surface area contributed by atoms with Crippen molar-refractivity contribution in [2.75, 3.05) is 13.7 Å². The Bertz CT molecular complexity index is 670. The maximum absolute atomic E-state index is 12.7. The van der Waals surface area contributed by atoms with Crippen LogP contribution < -0.4 is 15.8 Å². The maximum atomic E-state index is 12.7. The number of para-hydroxylation sites is 1. The Balaban J connectivity index is 1.93. The van der Waals surface area contributed by atoms with Crippen molar-refractivity contribution in [3.8, 4) is 5.75 Å². The largest absolute Gasteiger partial charge is 0.496 e. The quantitative estimate of drug-likeness (QED) is 0.649. The molecule has 6 heteroatoms. The van der Waals surface area contributed by atoms with E-state index in [1.54, 1.807) is 19.6 Å². The first-order valence-electron chi connectivity index (χ1n) is 8.63. The van der Waals surface area contributed by atoms with Crippen molar-refractivity contribution in [2.24, 2.45) is 11.7 Å². The number of aryl methyl sites for hydroxylation is 1. The Morgan fingerprint density at radius 3 is 2.76 bits per heavy atom. The molecule has 25 heavy (non-hydrogen) atoms. The number of ether oxygens (including phenoxy) is 1. The number of imidazole rings is 1. The molecule has 0 saturated heterocycles. The number of aromatic nitrogens is 2. The molecule has 1 heterocycles. The van der Waals surface area contributed by atoms with Gasteiger partial charge in [0.05, 0.1) is 19.0 Å².